The molecule has 3 aliphatic rings. The van der Waals surface area contributed by atoms with Gasteiger partial charge in [-0.2, -0.15) is 19.6 Å². The zero-order chi connectivity index (χ0) is 19.1. The molecule has 3 fully saturated rings. The van der Waals surface area contributed by atoms with Crippen LogP contribution in [-0.4, -0.2) is 56.7 Å². The minimum atomic E-state index is -0.369. The first-order valence-electron chi connectivity index (χ1n) is 9.58. The molecule has 28 heavy (non-hydrogen) atoms. The zero-order valence-corrected chi connectivity index (χ0v) is 15.3. The standard InChI is InChI=1S/C18H21N7O3/c26-14-7-10(16(27)22-14)6-11-8-20-25-15(11)23-17(19-9-13-2-1-5-28-13)24-18(25)21-12-3-4-12/h6,8,12-13H,1-5,7,9H2,(H,22,26,27)(H2,19,21,23,24)/b10-6+. The van der Waals surface area contributed by atoms with Crippen molar-refractivity contribution in [2.45, 2.75) is 44.2 Å². The highest BCUT2D eigenvalue weighted by Crippen LogP contribution is 2.26. The molecule has 5 rings (SSSR count). The second-order valence-corrected chi connectivity index (χ2v) is 7.36. The lowest BCUT2D eigenvalue weighted by atomic mass is 10.1. The molecule has 1 unspecified atom stereocenters. The molecular weight excluding hydrogens is 362 g/mol. The van der Waals surface area contributed by atoms with Gasteiger partial charge in [-0.05, 0) is 31.8 Å². The van der Waals surface area contributed by atoms with Crippen LogP contribution in [0.15, 0.2) is 11.8 Å². The Hall–Kier alpha value is -3.01. The average molecular weight is 383 g/mol. The van der Waals surface area contributed by atoms with Crippen molar-refractivity contribution in [3.8, 4) is 0 Å². The fourth-order valence-corrected chi connectivity index (χ4v) is 3.40. The summed E-state index contributed by atoms with van der Waals surface area (Å²) in [4.78, 5) is 32.5. The Morgan fingerprint density at radius 3 is 2.89 bits per heavy atom. The fraction of sp³-hybridized carbons (Fsp3) is 0.500. The number of ether oxygens (including phenoxy) is 1. The summed E-state index contributed by atoms with van der Waals surface area (Å²) in [5, 5.41) is 13.3. The van der Waals surface area contributed by atoms with Crippen LogP contribution in [0, 0.1) is 0 Å². The molecule has 2 aromatic rings. The van der Waals surface area contributed by atoms with E-state index in [1.165, 1.54) is 0 Å². The Kier molecular flexibility index (Phi) is 4.19. The van der Waals surface area contributed by atoms with Crippen LogP contribution in [0.5, 0.6) is 0 Å². The van der Waals surface area contributed by atoms with Crippen LogP contribution in [0.1, 0.15) is 37.7 Å². The number of anilines is 2. The minimum absolute atomic E-state index is 0.0680. The number of nitrogens with zero attached hydrogens (tertiary/aromatic N) is 4. The van der Waals surface area contributed by atoms with Crippen LogP contribution in [0.4, 0.5) is 11.9 Å². The molecule has 2 saturated heterocycles. The van der Waals surface area contributed by atoms with Gasteiger partial charge in [0.25, 0.3) is 5.91 Å². The van der Waals surface area contributed by atoms with Crippen molar-refractivity contribution in [2.75, 3.05) is 23.8 Å². The first-order chi connectivity index (χ1) is 13.7. The first-order valence-corrected chi connectivity index (χ1v) is 9.58. The molecule has 4 heterocycles. The van der Waals surface area contributed by atoms with Gasteiger partial charge in [0.2, 0.25) is 17.8 Å². The van der Waals surface area contributed by atoms with Gasteiger partial charge in [0.05, 0.1) is 18.7 Å². The van der Waals surface area contributed by atoms with Crippen molar-refractivity contribution >= 4 is 35.4 Å². The van der Waals surface area contributed by atoms with E-state index < -0.39 is 0 Å². The molecule has 2 aromatic heterocycles. The second kappa shape index (κ2) is 6.86. The molecule has 0 bridgehead atoms. The summed E-state index contributed by atoms with van der Waals surface area (Å²) < 4.78 is 7.28. The first kappa shape index (κ1) is 17.1. The molecule has 0 spiro atoms. The van der Waals surface area contributed by atoms with E-state index in [1.807, 2.05) is 0 Å². The lowest BCUT2D eigenvalue weighted by Crippen LogP contribution is -2.21. The Bertz CT molecular complexity index is 973. The smallest absolute Gasteiger partial charge is 0.254 e. The minimum Gasteiger partial charge on any atom is -0.376 e. The molecule has 1 atom stereocenters. The Balaban J connectivity index is 1.48. The molecule has 146 valence electrons. The van der Waals surface area contributed by atoms with Crippen molar-refractivity contribution in [1.82, 2.24) is 24.9 Å². The zero-order valence-electron chi connectivity index (χ0n) is 15.3. The lowest BCUT2D eigenvalue weighted by molar-refractivity contribution is -0.124. The van der Waals surface area contributed by atoms with E-state index in [4.69, 9.17) is 4.74 Å². The van der Waals surface area contributed by atoms with Crippen LogP contribution in [0.2, 0.25) is 0 Å². The monoisotopic (exact) mass is 383 g/mol. The number of nitrogens with one attached hydrogen (secondary N) is 3. The van der Waals surface area contributed by atoms with Crippen LogP contribution in [-0.2, 0) is 14.3 Å². The number of aromatic nitrogens is 4. The summed E-state index contributed by atoms with van der Waals surface area (Å²) >= 11 is 0. The summed E-state index contributed by atoms with van der Waals surface area (Å²) in [6.07, 6.45) is 7.83. The predicted molar refractivity (Wildman–Crippen MR) is 101 cm³/mol. The second-order valence-electron chi connectivity index (χ2n) is 7.36. The molecule has 1 aliphatic carbocycles. The number of carbonyl (C=O) groups is 2. The number of carbonyl (C=O) groups excluding carboxylic acids is 2. The number of hydrogen-bond donors (Lipinski definition) is 3. The van der Waals surface area contributed by atoms with Gasteiger partial charge in [0, 0.05) is 30.3 Å². The molecule has 10 heteroatoms. The molecule has 2 aliphatic heterocycles. The van der Waals surface area contributed by atoms with Gasteiger partial charge in [0.1, 0.15) is 0 Å². The third kappa shape index (κ3) is 3.42. The maximum Gasteiger partial charge on any atom is 0.254 e. The van der Waals surface area contributed by atoms with E-state index in [9.17, 15) is 9.59 Å². The van der Waals surface area contributed by atoms with Crippen LogP contribution < -0.4 is 16.0 Å². The summed E-state index contributed by atoms with van der Waals surface area (Å²) in [6.45, 7) is 1.43. The average Bonchev–Trinajstić information content (AvgIpc) is 3.05. The van der Waals surface area contributed by atoms with Crippen molar-refractivity contribution in [3.63, 3.8) is 0 Å². The van der Waals surface area contributed by atoms with Crippen molar-refractivity contribution in [1.29, 1.82) is 0 Å². The van der Waals surface area contributed by atoms with Crippen molar-refractivity contribution in [3.05, 3.63) is 17.3 Å². The highest BCUT2D eigenvalue weighted by Gasteiger charge is 2.26. The molecule has 1 saturated carbocycles. The maximum atomic E-state index is 11.9. The Labute approximate surface area is 160 Å². The molecule has 2 amide bonds. The molecule has 0 aromatic carbocycles. The van der Waals surface area contributed by atoms with Crippen LogP contribution >= 0.6 is 0 Å². The number of imide groups is 1. The highest BCUT2D eigenvalue weighted by molar-refractivity contribution is 6.15. The molecular formula is C18H21N7O3. The van der Waals surface area contributed by atoms with Gasteiger partial charge in [-0.3, -0.25) is 14.9 Å². The summed E-state index contributed by atoms with van der Waals surface area (Å²) in [5.74, 6) is 0.431. The van der Waals surface area contributed by atoms with Gasteiger partial charge in [0.15, 0.2) is 5.65 Å². The Morgan fingerprint density at radius 1 is 1.29 bits per heavy atom. The van der Waals surface area contributed by atoms with E-state index in [2.05, 4.69) is 31.0 Å². The van der Waals surface area contributed by atoms with E-state index in [-0.39, 0.29) is 24.3 Å². The normalized spacial score (nSPS) is 23.6. The van der Waals surface area contributed by atoms with E-state index >= 15 is 0 Å². The lowest BCUT2D eigenvalue weighted by Gasteiger charge is -2.13. The topological polar surface area (TPSA) is 123 Å². The quantitative estimate of drug-likeness (QED) is 0.493. The molecule has 0 radical (unpaired) electrons. The Morgan fingerprint density at radius 2 is 2.18 bits per heavy atom. The van der Waals surface area contributed by atoms with Gasteiger partial charge in [-0.1, -0.05) is 0 Å². The van der Waals surface area contributed by atoms with Crippen LogP contribution in [0.3, 0.4) is 0 Å². The molecule has 3 N–H and O–H groups in total. The molecule has 10 nitrogen and oxygen atoms in total. The SMILES string of the molecule is O=C1C/C(=C\c2cnn3c(NC4CC4)nc(NCC4CCCO4)nc23)C(=O)N1. The predicted octanol–water partition coefficient (Wildman–Crippen LogP) is 0.719. The van der Waals surface area contributed by atoms with Gasteiger partial charge in [-0.15, -0.1) is 0 Å². The van der Waals surface area contributed by atoms with E-state index in [0.717, 1.165) is 32.3 Å². The number of rotatable bonds is 6. The summed E-state index contributed by atoms with van der Waals surface area (Å²) in [5.41, 5.74) is 1.65. The fourth-order valence-electron chi connectivity index (χ4n) is 3.40. The van der Waals surface area contributed by atoms with E-state index in [0.29, 0.717) is 41.3 Å². The number of hydrogen-bond acceptors (Lipinski definition) is 8. The summed E-state index contributed by atoms with van der Waals surface area (Å²) in [6, 6.07) is 0.397. The number of amides is 2. The summed E-state index contributed by atoms with van der Waals surface area (Å²) in [7, 11) is 0. The van der Waals surface area contributed by atoms with Gasteiger partial charge in [-0.25, -0.2) is 0 Å². The largest absolute Gasteiger partial charge is 0.376 e. The van der Waals surface area contributed by atoms with Gasteiger partial charge < -0.3 is 15.4 Å². The van der Waals surface area contributed by atoms with Crippen molar-refractivity contribution < 1.29 is 14.3 Å². The highest BCUT2D eigenvalue weighted by atomic mass is 16.5. The van der Waals surface area contributed by atoms with E-state index in [1.54, 1.807) is 16.8 Å². The third-order valence-corrected chi connectivity index (χ3v) is 5.04. The number of fused-ring (bicyclic) bond motifs is 1. The maximum absolute atomic E-state index is 11.9. The third-order valence-electron chi connectivity index (χ3n) is 5.04. The van der Waals surface area contributed by atoms with Crippen LogP contribution in [0.25, 0.3) is 11.7 Å². The van der Waals surface area contributed by atoms with Gasteiger partial charge >= 0.3 is 0 Å². The van der Waals surface area contributed by atoms with Crippen molar-refractivity contribution in [2.24, 2.45) is 0 Å².